The Labute approximate surface area is 114 Å². The molecule has 0 radical (unpaired) electrons. The Kier molecular flexibility index (Phi) is 5.40. The molecule has 1 saturated heterocycles. The van der Waals surface area contributed by atoms with Gasteiger partial charge in [-0.15, -0.1) is 0 Å². The predicted molar refractivity (Wildman–Crippen MR) is 74.5 cm³/mol. The lowest BCUT2D eigenvalue weighted by Gasteiger charge is -2.21. The summed E-state index contributed by atoms with van der Waals surface area (Å²) < 4.78 is 10.7. The third-order valence-corrected chi connectivity index (χ3v) is 3.58. The van der Waals surface area contributed by atoms with Crippen molar-refractivity contribution in [3.63, 3.8) is 0 Å². The summed E-state index contributed by atoms with van der Waals surface area (Å²) in [6, 6.07) is 7.90. The maximum Gasteiger partial charge on any atom is 0.135 e. The summed E-state index contributed by atoms with van der Waals surface area (Å²) in [5.41, 5.74) is 1.18. The van der Waals surface area contributed by atoms with Crippen LogP contribution in [-0.4, -0.2) is 25.6 Å². The first-order valence-electron chi connectivity index (χ1n) is 7.04. The van der Waals surface area contributed by atoms with Gasteiger partial charge in [-0.2, -0.15) is 0 Å². The van der Waals surface area contributed by atoms with Crippen molar-refractivity contribution in [2.45, 2.75) is 44.6 Å². The Bertz CT molecular complexity index is 391. The van der Waals surface area contributed by atoms with Gasteiger partial charge < -0.3 is 9.47 Å². The van der Waals surface area contributed by atoms with Crippen LogP contribution in [0.3, 0.4) is 0 Å². The van der Waals surface area contributed by atoms with E-state index in [1.807, 2.05) is 24.3 Å². The van der Waals surface area contributed by atoms with E-state index in [0.29, 0.717) is 18.6 Å². The number of rotatable bonds is 6. The molecule has 0 saturated carbocycles. The zero-order valence-electron chi connectivity index (χ0n) is 11.6. The molecule has 0 aliphatic carbocycles. The van der Waals surface area contributed by atoms with E-state index in [1.165, 1.54) is 12.0 Å². The van der Waals surface area contributed by atoms with E-state index >= 15 is 0 Å². The Hall–Kier alpha value is -1.35. The number of Topliss-reactive ketones (excluding diaryl/α,β-unsaturated/α-hetero) is 1. The van der Waals surface area contributed by atoms with Gasteiger partial charge in [0.05, 0.1) is 13.2 Å². The quantitative estimate of drug-likeness (QED) is 0.790. The van der Waals surface area contributed by atoms with Crippen LogP contribution >= 0.6 is 0 Å². The summed E-state index contributed by atoms with van der Waals surface area (Å²) in [5.74, 6) is 1.16. The fourth-order valence-corrected chi connectivity index (χ4v) is 2.40. The molecule has 0 N–H and O–H groups in total. The normalized spacial score (nSPS) is 19.1. The zero-order chi connectivity index (χ0) is 13.5. The number of hydrogen-bond donors (Lipinski definition) is 0. The fraction of sp³-hybridized carbons (Fsp3) is 0.562. The first-order valence-corrected chi connectivity index (χ1v) is 7.04. The maximum absolute atomic E-state index is 11.9. The van der Waals surface area contributed by atoms with Crippen LogP contribution in [0.2, 0.25) is 0 Å². The highest BCUT2D eigenvalue weighted by atomic mass is 16.5. The highest BCUT2D eigenvalue weighted by Crippen LogP contribution is 2.17. The molecule has 1 aromatic carbocycles. The topological polar surface area (TPSA) is 35.5 Å². The summed E-state index contributed by atoms with van der Waals surface area (Å²) >= 11 is 0. The second-order valence-corrected chi connectivity index (χ2v) is 5.08. The molecule has 1 aliphatic rings. The van der Waals surface area contributed by atoms with Crippen LogP contribution in [0.4, 0.5) is 0 Å². The maximum atomic E-state index is 11.9. The number of benzene rings is 1. The summed E-state index contributed by atoms with van der Waals surface area (Å²) in [6.45, 7) is 0.816. The third-order valence-electron chi connectivity index (χ3n) is 3.58. The van der Waals surface area contributed by atoms with Crippen molar-refractivity contribution in [2.75, 3.05) is 13.7 Å². The lowest BCUT2D eigenvalue weighted by molar-refractivity contribution is -0.122. The SMILES string of the molecule is COc1ccc(CCC(=O)C[C@@H]2CCCCO2)cc1. The molecule has 104 valence electrons. The average Bonchev–Trinajstić information content (AvgIpc) is 2.47. The molecule has 0 aromatic heterocycles. The Morgan fingerprint density at radius 3 is 2.74 bits per heavy atom. The molecule has 0 spiro atoms. The standard InChI is InChI=1S/C16H22O3/c1-18-15-9-6-13(7-10-15)5-8-14(17)12-16-4-2-3-11-19-16/h6-7,9-10,16H,2-5,8,11-12H2,1H3/t16-/m0/s1. The van der Waals surface area contributed by atoms with E-state index in [2.05, 4.69) is 0 Å². The molecule has 0 amide bonds. The van der Waals surface area contributed by atoms with Gasteiger partial charge in [0, 0.05) is 19.4 Å². The lowest BCUT2D eigenvalue weighted by Crippen LogP contribution is -2.22. The van der Waals surface area contributed by atoms with E-state index in [1.54, 1.807) is 7.11 Å². The van der Waals surface area contributed by atoms with Gasteiger partial charge in [-0.3, -0.25) is 4.79 Å². The number of ketones is 1. The van der Waals surface area contributed by atoms with Crippen LogP contribution in [-0.2, 0) is 16.0 Å². The fourth-order valence-electron chi connectivity index (χ4n) is 2.40. The van der Waals surface area contributed by atoms with Crippen molar-refractivity contribution in [3.8, 4) is 5.75 Å². The van der Waals surface area contributed by atoms with Gasteiger partial charge in [0.1, 0.15) is 11.5 Å². The summed E-state index contributed by atoms with van der Waals surface area (Å²) in [4.78, 5) is 11.9. The minimum Gasteiger partial charge on any atom is -0.497 e. The molecular weight excluding hydrogens is 240 g/mol. The smallest absolute Gasteiger partial charge is 0.135 e. The van der Waals surface area contributed by atoms with Crippen molar-refractivity contribution in [3.05, 3.63) is 29.8 Å². The minimum atomic E-state index is 0.164. The lowest BCUT2D eigenvalue weighted by atomic mass is 10.00. The molecule has 1 heterocycles. The first-order chi connectivity index (χ1) is 9.28. The number of ether oxygens (including phenoxy) is 2. The summed E-state index contributed by atoms with van der Waals surface area (Å²) in [6.07, 6.45) is 5.51. The highest BCUT2D eigenvalue weighted by Gasteiger charge is 2.17. The Morgan fingerprint density at radius 2 is 2.11 bits per heavy atom. The molecule has 0 bridgehead atoms. The van der Waals surface area contributed by atoms with E-state index < -0.39 is 0 Å². The molecule has 0 unspecified atom stereocenters. The predicted octanol–water partition coefficient (Wildman–Crippen LogP) is 3.16. The van der Waals surface area contributed by atoms with Gasteiger partial charge in [-0.1, -0.05) is 12.1 Å². The minimum absolute atomic E-state index is 0.164. The van der Waals surface area contributed by atoms with Crippen LogP contribution in [0.1, 0.15) is 37.7 Å². The number of methoxy groups -OCH3 is 1. The molecule has 19 heavy (non-hydrogen) atoms. The average molecular weight is 262 g/mol. The molecule has 1 fully saturated rings. The zero-order valence-corrected chi connectivity index (χ0v) is 11.6. The van der Waals surface area contributed by atoms with Gasteiger partial charge in [0.25, 0.3) is 0 Å². The molecule has 3 nitrogen and oxygen atoms in total. The second-order valence-electron chi connectivity index (χ2n) is 5.08. The number of carbonyl (C=O) groups is 1. The molecular formula is C16H22O3. The van der Waals surface area contributed by atoms with Gasteiger partial charge in [0.2, 0.25) is 0 Å². The number of hydrogen-bond acceptors (Lipinski definition) is 3. The second kappa shape index (κ2) is 7.29. The Balaban J connectivity index is 1.72. The van der Waals surface area contributed by atoms with Crippen molar-refractivity contribution in [1.82, 2.24) is 0 Å². The first kappa shape index (κ1) is 14.1. The molecule has 2 rings (SSSR count). The largest absolute Gasteiger partial charge is 0.497 e. The van der Waals surface area contributed by atoms with E-state index in [-0.39, 0.29) is 6.10 Å². The Morgan fingerprint density at radius 1 is 1.32 bits per heavy atom. The van der Waals surface area contributed by atoms with E-state index in [4.69, 9.17) is 9.47 Å². The van der Waals surface area contributed by atoms with Crippen LogP contribution in [0.25, 0.3) is 0 Å². The summed E-state index contributed by atoms with van der Waals surface area (Å²) in [5, 5.41) is 0. The van der Waals surface area contributed by atoms with Crippen LogP contribution < -0.4 is 4.74 Å². The number of carbonyl (C=O) groups excluding carboxylic acids is 1. The van der Waals surface area contributed by atoms with Crippen molar-refractivity contribution in [1.29, 1.82) is 0 Å². The molecule has 1 aromatic rings. The monoisotopic (exact) mass is 262 g/mol. The van der Waals surface area contributed by atoms with Crippen molar-refractivity contribution in [2.24, 2.45) is 0 Å². The van der Waals surface area contributed by atoms with Gasteiger partial charge >= 0.3 is 0 Å². The van der Waals surface area contributed by atoms with Gasteiger partial charge in [0.15, 0.2) is 0 Å². The van der Waals surface area contributed by atoms with Gasteiger partial charge in [-0.25, -0.2) is 0 Å². The van der Waals surface area contributed by atoms with Crippen molar-refractivity contribution >= 4 is 5.78 Å². The molecule has 3 heteroatoms. The molecule has 1 atom stereocenters. The van der Waals surface area contributed by atoms with Gasteiger partial charge in [-0.05, 0) is 43.4 Å². The van der Waals surface area contributed by atoms with Crippen LogP contribution in [0.5, 0.6) is 5.75 Å². The van der Waals surface area contributed by atoms with E-state index in [9.17, 15) is 4.79 Å². The van der Waals surface area contributed by atoms with E-state index in [0.717, 1.165) is 31.6 Å². The summed E-state index contributed by atoms with van der Waals surface area (Å²) in [7, 11) is 1.66. The highest BCUT2D eigenvalue weighted by molar-refractivity contribution is 5.79. The van der Waals surface area contributed by atoms with Crippen molar-refractivity contribution < 1.29 is 14.3 Å². The number of aryl methyl sites for hydroxylation is 1. The van der Waals surface area contributed by atoms with Crippen LogP contribution in [0, 0.1) is 0 Å². The molecule has 1 aliphatic heterocycles. The third kappa shape index (κ3) is 4.67. The van der Waals surface area contributed by atoms with Crippen LogP contribution in [0.15, 0.2) is 24.3 Å².